The normalized spacial score (nSPS) is 21.6. The minimum atomic E-state index is -0.386. The van der Waals surface area contributed by atoms with Crippen LogP contribution in [0.15, 0.2) is 54.7 Å². The second-order valence-electron chi connectivity index (χ2n) is 7.21. The molecule has 1 spiro atoms. The van der Waals surface area contributed by atoms with E-state index < -0.39 is 0 Å². The molecular weight excluding hydrogens is 326 g/mol. The zero-order valence-corrected chi connectivity index (χ0v) is 14.7. The first kappa shape index (κ1) is 16.8. The van der Waals surface area contributed by atoms with Crippen LogP contribution in [0, 0.1) is 5.41 Å². The van der Waals surface area contributed by atoms with Crippen LogP contribution in [0.3, 0.4) is 0 Å². The molecular formula is C21H23N3O2. The first-order valence-electron chi connectivity index (χ1n) is 9.20. The van der Waals surface area contributed by atoms with E-state index in [0.717, 1.165) is 5.69 Å². The number of benzene rings is 1. The third-order valence-corrected chi connectivity index (χ3v) is 5.85. The van der Waals surface area contributed by atoms with Gasteiger partial charge in [-0.1, -0.05) is 36.4 Å². The van der Waals surface area contributed by atoms with Crippen molar-refractivity contribution in [3.05, 3.63) is 66.0 Å². The minimum absolute atomic E-state index is 0.0909. The van der Waals surface area contributed by atoms with E-state index in [0.29, 0.717) is 38.9 Å². The third kappa shape index (κ3) is 2.98. The number of nitrogens with zero attached hydrogens (tertiary/aromatic N) is 2. The molecule has 0 aliphatic carbocycles. The van der Waals surface area contributed by atoms with Crippen molar-refractivity contribution in [2.24, 2.45) is 5.41 Å². The van der Waals surface area contributed by atoms with Crippen molar-refractivity contribution in [3.8, 4) is 0 Å². The summed E-state index contributed by atoms with van der Waals surface area (Å²) in [5.41, 5.74) is 1.61. The van der Waals surface area contributed by atoms with Gasteiger partial charge in [-0.05, 0) is 30.5 Å². The van der Waals surface area contributed by atoms with Crippen LogP contribution in [-0.4, -0.2) is 41.3 Å². The Bertz CT molecular complexity index is 783. The van der Waals surface area contributed by atoms with Crippen molar-refractivity contribution in [2.75, 3.05) is 19.6 Å². The molecule has 1 aromatic heterocycles. The van der Waals surface area contributed by atoms with Crippen LogP contribution in [0.25, 0.3) is 0 Å². The Balaban J connectivity index is 1.46. The predicted octanol–water partition coefficient (Wildman–Crippen LogP) is 2.15. The Morgan fingerprint density at radius 2 is 1.85 bits per heavy atom. The number of nitrogens with one attached hydrogen (secondary N) is 1. The number of rotatable bonds is 3. The Hall–Kier alpha value is -2.69. The van der Waals surface area contributed by atoms with Crippen molar-refractivity contribution in [3.63, 3.8) is 0 Å². The standard InChI is InChI=1S/C21H23N3O2/c25-19(14-17-8-4-5-11-22-17)24-12-9-21(10-13-24)18(15-23-20(21)26)16-6-2-1-3-7-16/h1-8,11,18H,9-10,12-15H2,(H,23,26)/t18-/m0/s1. The van der Waals surface area contributed by atoms with Crippen LogP contribution < -0.4 is 5.32 Å². The molecule has 2 fully saturated rings. The molecule has 1 atom stereocenters. The molecule has 134 valence electrons. The number of piperidine rings is 1. The molecule has 0 bridgehead atoms. The molecule has 4 rings (SSSR count). The first-order valence-corrected chi connectivity index (χ1v) is 9.20. The van der Waals surface area contributed by atoms with Gasteiger partial charge in [0.05, 0.1) is 11.8 Å². The van der Waals surface area contributed by atoms with E-state index in [2.05, 4.69) is 22.4 Å². The number of hydrogen-bond acceptors (Lipinski definition) is 3. The van der Waals surface area contributed by atoms with Gasteiger partial charge in [0.2, 0.25) is 11.8 Å². The van der Waals surface area contributed by atoms with Crippen LogP contribution in [0.5, 0.6) is 0 Å². The molecule has 0 saturated carbocycles. The average molecular weight is 349 g/mol. The molecule has 5 nitrogen and oxygen atoms in total. The Labute approximate surface area is 153 Å². The highest BCUT2D eigenvalue weighted by Crippen LogP contribution is 2.47. The summed E-state index contributed by atoms with van der Waals surface area (Å²) in [6.45, 7) is 1.94. The van der Waals surface area contributed by atoms with Gasteiger partial charge in [0.1, 0.15) is 0 Å². The van der Waals surface area contributed by atoms with E-state index in [9.17, 15) is 9.59 Å². The molecule has 2 aliphatic heterocycles. The lowest BCUT2D eigenvalue weighted by atomic mass is 9.68. The molecule has 26 heavy (non-hydrogen) atoms. The van der Waals surface area contributed by atoms with Crippen molar-refractivity contribution >= 4 is 11.8 Å². The first-order chi connectivity index (χ1) is 12.7. The van der Waals surface area contributed by atoms with Crippen LogP contribution in [0.1, 0.15) is 30.0 Å². The van der Waals surface area contributed by atoms with Gasteiger partial charge in [-0.2, -0.15) is 0 Å². The molecule has 1 N–H and O–H groups in total. The average Bonchev–Trinajstić information content (AvgIpc) is 3.00. The zero-order valence-electron chi connectivity index (χ0n) is 14.7. The second-order valence-corrected chi connectivity index (χ2v) is 7.21. The van der Waals surface area contributed by atoms with E-state index >= 15 is 0 Å². The van der Waals surface area contributed by atoms with Crippen LogP contribution in [-0.2, 0) is 16.0 Å². The van der Waals surface area contributed by atoms with Gasteiger partial charge in [0.25, 0.3) is 0 Å². The molecule has 1 aromatic carbocycles. The molecule has 3 heterocycles. The summed E-state index contributed by atoms with van der Waals surface area (Å²) in [4.78, 5) is 31.4. The van der Waals surface area contributed by atoms with Gasteiger partial charge >= 0.3 is 0 Å². The van der Waals surface area contributed by atoms with Gasteiger partial charge in [0.15, 0.2) is 0 Å². The number of pyridine rings is 1. The molecule has 2 amide bonds. The summed E-state index contributed by atoms with van der Waals surface area (Å²) in [5, 5.41) is 3.06. The molecule has 2 aliphatic rings. The zero-order chi connectivity index (χ0) is 18.0. The van der Waals surface area contributed by atoms with E-state index in [4.69, 9.17) is 0 Å². The monoisotopic (exact) mass is 349 g/mol. The summed E-state index contributed by atoms with van der Waals surface area (Å²) >= 11 is 0. The highest BCUT2D eigenvalue weighted by atomic mass is 16.2. The molecule has 5 heteroatoms. The maximum atomic E-state index is 12.7. The van der Waals surface area contributed by atoms with Crippen molar-refractivity contribution in [2.45, 2.75) is 25.2 Å². The van der Waals surface area contributed by atoms with Gasteiger partial charge in [-0.15, -0.1) is 0 Å². The van der Waals surface area contributed by atoms with Gasteiger partial charge in [0, 0.05) is 37.4 Å². The predicted molar refractivity (Wildman–Crippen MR) is 98.4 cm³/mol. The lowest BCUT2D eigenvalue weighted by molar-refractivity contribution is -0.138. The van der Waals surface area contributed by atoms with E-state index in [1.54, 1.807) is 6.20 Å². The fourth-order valence-corrected chi connectivity index (χ4v) is 4.35. The summed E-state index contributed by atoms with van der Waals surface area (Å²) < 4.78 is 0. The smallest absolute Gasteiger partial charge is 0.228 e. The number of hydrogen-bond donors (Lipinski definition) is 1. The third-order valence-electron chi connectivity index (χ3n) is 5.85. The second kappa shape index (κ2) is 6.90. The number of amides is 2. The summed E-state index contributed by atoms with van der Waals surface area (Å²) in [5.74, 6) is 0.417. The number of carbonyl (C=O) groups is 2. The van der Waals surface area contributed by atoms with Gasteiger partial charge in [-0.25, -0.2) is 0 Å². The number of likely N-dealkylation sites (tertiary alicyclic amines) is 1. The quantitative estimate of drug-likeness (QED) is 0.923. The lowest BCUT2D eigenvalue weighted by Crippen LogP contribution is -2.48. The summed E-state index contributed by atoms with van der Waals surface area (Å²) in [6.07, 6.45) is 3.46. The summed E-state index contributed by atoms with van der Waals surface area (Å²) in [6, 6.07) is 15.9. The molecule has 0 radical (unpaired) electrons. The van der Waals surface area contributed by atoms with Crippen molar-refractivity contribution < 1.29 is 9.59 Å². The SMILES string of the molecule is O=C(Cc1ccccn1)N1CCC2(CC1)C(=O)NC[C@H]2c1ccccc1. The maximum Gasteiger partial charge on any atom is 0.228 e. The van der Waals surface area contributed by atoms with E-state index in [-0.39, 0.29) is 23.1 Å². The summed E-state index contributed by atoms with van der Waals surface area (Å²) in [7, 11) is 0. The fourth-order valence-electron chi connectivity index (χ4n) is 4.35. The number of aromatic nitrogens is 1. The minimum Gasteiger partial charge on any atom is -0.355 e. The molecule has 0 unspecified atom stereocenters. The van der Waals surface area contributed by atoms with Crippen molar-refractivity contribution in [1.82, 2.24) is 15.2 Å². The highest BCUT2D eigenvalue weighted by Gasteiger charge is 2.52. The fraction of sp³-hybridized carbons (Fsp3) is 0.381. The Morgan fingerprint density at radius 1 is 1.12 bits per heavy atom. The van der Waals surface area contributed by atoms with Crippen molar-refractivity contribution in [1.29, 1.82) is 0 Å². The van der Waals surface area contributed by atoms with E-state index in [1.807, 2.05) is 41.3 Å². The van der Waals surface area contributed by atoms with E-state index in [1.165, 1.54) is 5.56 Å². The maximum absolute atomic E-state index is 12.7. The number of carbonyl (C=O) groups excluding carboxylic acids is 2. The molecule has 2 aromatic rings. The van der Waals surface area contributed by atoms with Crippen LogP contribution >= 0.6 is 0 Å². The Morgan fingerprint density at radius 3 is 2.54 bits per heavy atom. The topological polar surface area (TPSA) is 62.3 Å². The van der Waals surface area contributed by atoms with Crippen LogP contribution in [0.2, 0.25) is 0 Å². The van der Waals surface area contributed by atoms with Crippen LogP contribution in [0.4, 0.5) is 0 Å². The molecule has 2 saturated heterocycles. The van der Waals surface area contributed by atoms with Gasteiger partial charge < -0.3 is 10.2 Å². The lowest BCUT2D eigenvalue weighted by Gasteiger charge is -2.41. The largest absolute Gasteiger partial charge is 0.355 e. The van der Waals surface area contributed by atoms with Gasteiger partial charge in [-0.3, -0.25) is 14.6 Å². The highest BCUT2D eigenvalue weighted by molar-refractivity contribution is 5.87. The Kier molecular flexibility index (Phi) is 4.45.